The lowest BCUT2D eigenvalue weighted by Crippen LogP contribution is -2.12. The maximum Gasteiger partial charge on any atom is 0.106 e. The molecular weight excluding hydrogens is 156 g/mol. The average molecular weight is 172 g/mol. The molecule has 0 aliphatic heterocycles. The van der Waals surface area contributed by atoms with Crippen molar-refractivity contribution in [1.29, 1.82) is 0 Å². The predicted octanol–water partition coefficient (Wildman–Crippen LogP) is 1.81. The number of hydrogen-bond donors (Lipinski definition) is 0. The lowest BCUT2D eigenvalue weighted by atomic mass is 10.1. The lowest BCUT2D eigenvalue weighted by molar-refractivity contribution is 0.208. The maximum atomic E-state index is 4.68. The third-order valence-corrected chi connectivity index (χ3v) is 1.41. The molecule has 0 atom stereocenters. The first-order chi connectivity index (χ1) is 5.79. The van der Waals surface area contributed by atoms with Gasteiger partial charge in [0.15, 0.2) is 0 Å². The van der Waals surface area contributed by atoms with Crippen LogP contribution in [0.3, 0.4) is 0 Å². The fraction of sp³-hybridized carbons (Fsp3) is 0.750. The van der Waals surface area contributed by atoms with Gasteiger partial charge >= 0.3 is 0 Å². The highest BCUT2D eigenvalue weighted by Crippen LogP contribution is 1.96. The van der Waals surface area contributed by atoms with E-state index < -0.39 is 0 Å². The van der Waals surface area contributed by atoms with Crippen LogP contribution in [-0.4, -0.2) is 25.6 Å². The summed E-state index contributed by atoms with van der Waals surface area (Å²) in [6.45, 7) is 4.00. The molecule has 70 valence electrons. The molecule has 0 aliphatic carbocycles. The van der Waals surface area contributed by atoms with Crippen molar-refractivity contribution < 1.29 is 9.68 Å². The molecule has 0 unspecified atom stereocenters. The predicted molar refractivity (Wildman–Crippen MR) is 49.5 cm³/mol. The van der Waals surface area contributed by atoms with Crippen LogP contribution >= 0.6 is 0 Å². The molecule has 4 nitrogen and oxygen atoms in total. The smallest absolute Gasteiger partial charge is 0.106 e. The molecule has 0 bridgehead atoms. The van der Waals surface area contributed by atoms with E-state index in [2.05, 4.69) is 20.0 Å². The fourth-order valence-electron chi connectivity index (χ4n) is 0.863. The van der Waals surface area contributed by atoms with Crippen LogP contribution in [0.25, 0.3) is 0 Å². The van der Waals surface area contributed by atoms with E-state index in [1.54, 1.807) is 0 Å². The Morgan fingerprint density at radius 3 is 1.42 bits per heavy atom. The fourth-order valence-corrected chi connectivity index (χ4v) is 0.863. The Kier molecular flexibility index (Phi) is 6.05. The van der Waals surface area contributed by atoms with Crippen LogP contribution < -0.4 is 0 Å². The summed E-state index contributed by atoms with van der Waals surface area (Å²) in [6, 6.07) is 0. The standard InChI is InChI=1S/C8H16N2O2/c1-5-7(9-11-3)8(6-2)10-12-4/h5-6H2,1-4H3/b9-7+,10-8+. The Morgan fingerprint density at radius 1 is 0.917 bits per heavy atom. The first-order valence-corrected chi connectivity index (χ1v) is 4.00. The largest absolute Gasteiger partial charge is 0.399 e. The van der Waals surface area contributed by atoms with Gasteiger partial charge in [0.2, 0.25) is 0 Å². The molecule has 0 fully saturated rings. The number of rotatable bonds is 5. The SMILES string of the molecule is CCC(=N\OC)/C(CC)=N/OC. The molecule has 0 amide bonds. The summed E-state index contributed by atoms with van der Waals surface area (Å²) in [5.74, 6) is 0. The van der Waals surface area contributed by atoms with Gasteiger partial charge in [-0.15, -0.1) is 0 Å². The molecule has 0 rings (SSSR count). The average Bonchev–Trinajstić information content (AvgIpc) is 2.11. The summed E-state index contributed by atoms with van der Waals surface area (Å²) in [7, 11) is 3.05. The topological polar surface area (TPSA) is 43.2 Å². The van der Waals surface area contributed by atoms with Crippen LogP contribution in [0.15, 0.2) is 10.3 Å². The van der Waals surface area contributed by atoms with Crippen LogP contribution in [0, 0.1) is 0 Å². The van der Waals surface area contributed by atoms with Crippen LogP contribution in [0.2, 0.25) is 0 Å². The zero-order valence-corrected chi connectivity index (χ0v) is 8.13. The van der Waals surface area contributed by atoms with Crippen molar-refractivity contribution in [2.24, 2.45) is 10.3 Å². The van der Waals surface area contributed by atoms with E-state index in [0.717, 1.165) is 24.3 Å². The van der Waals surface area contributed by atoms with Gasteiger partial charge < -0.3 is 9.68 Å². The molecule has 0 aromatic carbocycles. The molecule has 4 heteroatoms. The molecule has 0 aromatic rings. The second-order valence-corrected chi connectivity index (χ2v) is 2.15. The van der Waals surface area contributed by atoms with Gasteiger partial charge in [-0.05, 0) is 12.8 Å². The third kappa shape index (κ3) is 3.37. The minimum Gasteiger partial charge on any atom is -0.399 e. The number of oxime groups is 2. The van der Waals surface area contributed by atoms with E-state index in [0.29, 0.717) is 0 Å². The van der Waals surface area contributed by atoms with Crippen molar-refractivity contribution >= 4 is 11.4 Å². The Hall–Kier alpha value is -1.06. The second kappa shape index (κ2) is 6.64. The molecule has 0 N–H and O–H groups in total. The maximum absolute atomic E-state index is 4.68. The van der Waals surface area contributed by atoms with Gasteiger partial charge in [0, 0.05) is 0 Å². The van der Waals surface area contributed by atoms with Gasteiger partial charge in [-0.2, -0.15) is 0 Å². The Morgan fingerprint density at radius 2 is 1.25 bits per heavy atom. The van der Waals surface area contributed by atoms with Crippen LogP contribution in [0.5, 0.6) is 0 Å². The van der Waals surface area contributed by atoms with Crippen molar-refractivity contribution in [2.45, 2.75) is 26.7 Å². The molecular formula is C8H16N2O2. The second-order valence-electron chi connectivity index (χ2n) is 2.15. The van der Waals surface area contributed by atoms with E-state index in [-0.39, 0.29) is 0 Å². The summed E-state index contributed by atoms with van der Waals surface area (Å²) in [5.41, 5.74) is 1.67. The van der Waals surface area contributed by atoms with Crippen LogP contribution in [0.1, 0.15) is 26.7 Å². The zero-order chi connectivity index (χ0) is 9.40. The van der Waals surface area contributed by atoms with E-state index in [1.807, 2.05) is 13.8 Å². The summed E-state index contributed by atoms with van der Waals surface area (Å²) in [4.78, 5) is 9.35. The molecule has 0 aromatic heterocycles. The van der Waals surface area contributed by atoms with Gasteiger partial charge in [-0.25, -0.2) is 0 Å². The third-order valence-electron chi connectivity index (χ3n) is 1.41. The minimum absolute atomic E-state index is 0.796. The van der Waals surface area contributed by atoms with E-state index >= 15 is 0 Å². The van der Waals surface area contributed by atoms with Gasteiger partial charge in [0.25, 0.3) is 0 Å². The summed E-state index contributed by atoms with van der Waals surface area (Å²) in [6.07, 6.45) is 1.59. The first-order valence-electron chi connectivity index (χ1n) is 4.00. The highest BCUT2D eigenvalue weighted by atomic mass is 16.6. The van der Waals surface area contributed by atoms with Crippen molar-refractivity contribution in [3.8, 4) is 0 Å². The molecule has 0 radical (unpaired) electrons. The Labute approximate surface area is 73.2 Å². The molecule has 0 spiro atoms. The number of hydrogen-bond acceptors (Lipinski definition) is 4. The minimum atomic E-state index is 0.796. The van der Waals surface area contributed by atoms with Gasteiger partial charge in [0.1, 0.15) is 25.6 Å². The van der Waals surface area contributed by atoms with E-state index in [4.69, 9.17) is 0 Å². The highest BCUT2D eigenvalue weighted by Gasteiger charge is 2.05. The molecule has 12 heavy (non-hydrogen) atoms. The van der Waals surface area contributed by atoms with E-state index in [1.165, 1.54) is 14.2 Å². The van der Waals surface area contributed by atoms with Crippen molar-refractivity contribution in [3.63, 3.8) is 0 Å². The molecule has 0 saturated heterocycles. The quantitative estimate of drug-likeness (QED) is 0.469. The zero-order valence-electron chi connectivity index (χ0n) is 8.13. The summed E-state index contributed by atoms with van der Waals surface area (Å²) in [5, 5.41) is 7.68. The van der Waals surface area contributed by atoms with Crippen molar-refractivity contribution in [1.82, 2.24) is 0 Å². The number of nitrogens with zero attached hydrogens (tertiary/aromatic N) is 2. The Bertz CT molecular complexity index is 156. The van der Waals surface area contributed by atoms with Crippen LogP contribution in [-0.2, 0) is 9.68 Å². The lowest BCUT2D eigenvalue weighted by Gasteiger charge is -2.02. The molecule has 0 saturated carbocycles. The van der Waals surface area contributed by atoms with Crippen molar-refractivity contribution in [3.05, 3.63) is 0 Å². The van der Waals surface area contributed by atoms with Crippen molar-refractivity contribution in [2.75, 3.05) is 14.2 Å². The summed E-state index contributed by atoms with van der Waals surface area (Å²) < 4.78 is 0. The van der Waals surface area contributed by atoms with Gasteiger partial charge in [-0.3, -0.25) is 0 Å². The molecule has 0 aliphatic rings. The summed E-state index contributed by atoms with van der Waals surface area (Å²) >= 11 is 0. The van der Waals surface area contributed by atoms with E-state index in [9.17, 15) is 0 Å². The first kappa shape index (κ1) is 10.9. The Balaban J connectivity index is 4.44. The van der Waals surface area contributed by atoms with Gasteiger partial charge in [0.05, 0.1) is 0 Å². The molecule has 0 heterocycles. The monoisotopic (exact) mass is 172 g/mol. The normalized spacial score (nSPS) is 13.0. The van der Waals surface area contributed by atoms with Gasteiger partial charge in [-0.1, -0.05) is 24.2 Å². The highest BCUT2D eigenvalue weighted by molar-refractivity contribution is 6.41. The van der Waals surface area contributed by atoms with Crippen LogP contribution in [0.4, 0.5) is 0 Å².